The first kappa shape index (κ1) is 14.9. The Morgan fingerprint density at radius 2 is 2.19 bits per heavy atom. The summed E-state index contributed by atoms with van der Waals surface area (Å²) < 4.78 is 1.29. The number of nitrogens with one attached hydrogen (secondary N) is 1. The molecule has 2 heterocycles. The zero-order valence-corrected chi connectivity index (χ0v) is 12.0. The molecule has 0 aliphatic rings. The third-order valence-corrected chi connectivity index (χ3v) is 2.97. The average molecular weight is 286 g/mol. The molecule has 6 nitrogen and oxygen atoms in total. The average Bonchev–Trinajstić information content (AvgIpc) is 2.48. The summed E-state index contributed by atoms with van der Waals surface area (Å²) in [7, 11) is 0. The van der Waals surface area contributed by atoms with Crippen molar-refractivity contribution in [2.45, 2.75) is 32.7 Å². The number of pyridine rings is 1. The number of unbranched alkanes of at least 4 members (excludes halogenated alkanes) is 1. The van der Waals surface area contributed by atoms with Crippen molar-refractivity contribution in [2.24, 2.45) is 0 Å². The minimum atomic E-state index is -0.307. The van der Waals surface area contributed by atoms with Crippen molar-refractivity contribution < 1.29 is 4.79 Å². The van der Waals surface area contributed by atoms with Gasteiger partial charge >= 0.3 is 0 Å². The third-order valence-electron chi connectivity index (χ3n) is 2.97. The number of amides is 1. The highest BCUT2D eigenvalue weighted by atomic mass is 16.2. The van der Waals surface area contributed by atoms with Crippen LogP contribution in [0.5, 0.6) is 0 Å². The zero-order chi connectivity index (χ0) is 15.1. The molecule has 0 spiro atoms. The lowest BCUT2D eigenvalue weighted by atomic mass is 10.2. The van der Waals surface area contributed by atoms with Crippen molar-refractivity contribution in [1.82, 2.24) is 14.5 Å². The van der Waals surface area contributed by atoms with E-state index in [1.165, 1.54) is 17.0 Å². The van der Waals surface area contributed by atoms with Crippen LogP contribution in [0, 0.1) is 0 Å². The van der Waals surface area contributed by atoms with Crippen LogP contribution in [0.4, 0.5) is 5.82 Å². The number of aryl methyl sites for hydroxylation is 1. The molecule has 0 aromatic carbocycles. The maximum atomic E-state index is 11.9. The van der Waals surface area contributed by atoms with Crippen LogP contribution in [0.3, 0.4) is 0 Å². The minimum absolute atomic E-state index is 0.0730. The fraction of sp³-hybridized carbons (Fsp3) is 0.333. The van der Waals surface area contributed by atoms with E-state index in [-0.39, 0.29) is 18.0 Å². The summed E-state index contributed by atoms with van der Waals surface area (Å²) in [6.45, 7) is 2.01. The van der Waals surface area contributed by atoms with Crippen molar-refractivity contribution in [3.05, 3.63) is 52.8 Å². The van der Waals surface area contributed by atoms with Crippen molar-refractivity contribution in [3.63, 3.8) is 0 Å². The highest BCUT2D eigenvalue weighted by molar-refractivity contribution is 5.89. The number of hydrogen-bond acceptors (Lipinski definition) is 4. The lowest BCUT2D eigenvalue weighted by Gasteiger charge is -2.07. The molecule has 0 aliphatic carbocycles. The fourth-order valence-corrected chi connectivity index (χ4v) is 1.85. The first-order valence-electron chi connectivity index (χ1n) is 6.95. The lowest BCUT2D eigenvalue weighted by molar-refractivity contribution is -0.116. The molecule has 0 radical (unpaired) electrons. The maximum absolute atomic E-state index is 11.9. The van der Waals surface area contributed by atoms with E-state index < -0.39 is 0 Å². The van der Waals surface area contributed by atoms with Crippen molar-refractivity contribution in [2.75, 3.05) is 5.32 Å². The standard InChI is InChI=1S/C15H18N4O2/c1-2-3-6-12-9-15(21)19(11-17-12)10-14(20)18-13-7-4-5-8-16-13/h4-5,7-9,11H,2-3,6,10H2,1H3,(H,16,18,20). The van der Waals surface area contributed by atoms with E-state index in [1.807, 2.05) is 0 Å². The SMILES string of the molecule is CCCCc1cc(=O)n(CC(=O)Nc2ccccn2)cn1. The molecule has 2 aromatic rings. The van der Waals surface area contributed by atoms with E-state index >= 15 is 0 Å². The molecule has 0 atom stereocenters. The second kappa shape index (κ2) is 7.33. The number of hydrogen-bond donors (Lipinski definition) is 1. The van der Waals surface area contributed by atoms with Crippen LogP contribution >= 0.6 is 0 Å². The first-order chi connectivity index (χ1) is 10.2. The Kier molecular flexibility index (Phi) is 5.20. The molecular formula is C15H18N4O2. The van der Waals surface area contributed by atoms with Crippen LogP contribution in [0.1, 0.15) is 25.5 Å². The van der Waals surface area contributed by atoms with Crippen molar-refractivity contribution in [3.8, 4) is 0 Å². The van der Waals surface area contributed by atoms with Gasteiger partial charge in [0.2, 0.25) is 5.91 Å². The van der Waals surface area contributed by atoms with Crippen LogP contribution in [0.25, 0.3) is 0 Å². The number of aromatic nitrogens is 3. The van der Waals surface area contributed by atoms with Gasteiger partial charge in [0.25, 0.3) is 5.56 Å². The summed E-state index contributed by atoms with van der Waals surface area (Å²) >= 11 is 0. The summed E-state index contributed by atoms with van der Waals surface area (Å²) in [4.78, 5) is 32.0. The van der Waals surface area contributed by atoms with Gasteiger partial charge in [0.05, 0.1) is 6.33 Å². The quantitative estimate of drug-likeness (QED) is 0.875. The van der Waals surface area contributed by atoms with Gasteiger partial charge in [-0.2, -0.15) is 0 Å². The number of carbonyl (C=O) groups is 1. The summed E-state index contributed by atoms with van der Waals surface area (Å²) in [6, 6.07) is 6.72. The molecule has 6 heteroatoms. The topological polar surface area (TPSA) is 76.9 Å². The van der Waals surface area contributed by atoms with Gasteiger partial charge in [0, 0.05) is 18.0 Å². The predicted octanol–water partition coefficient (Wildman–Crippen LogP) is 1.62. The minimum Gasteiger partial charge on any atom is -0.309 e. The van der Waals surface area contributed by atoms with Crippen LogP contribution in [0.2, 0.25) is 0 Å². The Labute approximate surface area is 122 Å². The van der Waals surface area contributed by atoms with Crippen molar-refractivity contribution in [1.29, 1.82) is 0 Å². The fourth-order valence-electron chi connectivity index (χ4n) is 1.85. The van der Waals surface area contributed by atoms with Gasteiger partial charge in [-0.15, -0.1) is 0 Å². The molecule has 1 amide bonds. The molecule has 1 N–H and O–H groups in total. The zero-order valence-electron chi connectivity index (χ0n) is 12.0. The lowest BCUT2D eigenvalue weighted by Crippen LogP contribution is -2.28. The van der Waals surface area contributed by atoms with E-state index in [9.17, 15) is 9.59 Å². The maximum Gasteiger partial charge on any atom is 0.253 e. The Balaban J connectivity index is 1.99. The third kappa shape index (κ3) is 4.52. The normalized spacial score (nSPS) is 10.3. The Hall–Kier alpha value is -2.50. The summed E-state index contributed by atoms with van der Waals surface area (Å²) in [5.74, 6) is 0.155. The van der Waals surface area contributed by atoms with E-state index in [0.717, 1.165) is 25.0 Å². The Morgan fingerprint density at radius 1 is 1.33 bits per heavy atom. The van der Waals surface area contributed by atoms with Gasteiger partial charge in [-0.3, -0.25) is 14.2 Å². The summed E-state index contributed by atoms with van der Waals surface area (Å²) in [5.41, 5.74) is 0.551. The van der Waals surface area contributed by atoms with Crippen LogP contribution in [-0.2, 0) is 17.8 Å². The highest BCUT2D eigenvalue weighted by Gasteiger charge is 2.06. The largest absolute Gasteiger partial charge is 0.309 e. The molecular weight excluding hydrogens is 268 g/mol. The second-order valence-electron chi connectivity index (χ2n) is 4.71. The number of rotatable bonds is 6. The molecule has 0 unspecified atom stereocenters. The predicted molar refractivity (Wildman–Crippen MR) is 80.0 cm³/mol. The molecule has 0 bridgehead atoms. The van der Waals surface area contributed by atoms with Gasteiger partial charge in [-0.1, -0.05) is 19.4 Å². The van der Waals surface area contributed by atoms with Gasteiger partial charge in [0.15, 0.2) is 0 Å². The summed E-state index contributed by atoms with van der Waals surface area (Å²) in [6.07, 6.45) is 5.85. The van der Waals surface area contributed by atoms with E-state index in [2.05, 4.69) is 22.2 Å². The second-order valence-corrected chi connectivity index (χ2v) is 4.71. The molecule has 110 valence electrons. The highest BCUT2D eigenvalue weighted by Crippen LogP contribution is 2.01. The van der Waals surface area contributed by atoms with E-state index in [1.54, 1.807) is 24.4 Å². The molecule has 0 fully saturated rings. The van der Waals surface area contributed by atoms with Gasteiger partial charge in [0.1, 0.15) is 12.4 Å². The number of nitrogens with zero attached hydrogens (tertiary/aromatic N) is 3. The first-order valence-corrected chi connectivity index (χ1v) is 6.95. The van der Waals surface area contributed by atoms with Crippen LogP contribution in [-0.4, -0.2) is 20.4 Å². The van der Waals surface area contributed by atoms with Gasteiger partial charge in [-0.25, -0.2) is 9.97 Å². The molecule has 2 rings (SSSR count). The Morgan fingerprint density at radius 3 is 2.86 bits per heavy atom. The Bertz CT molecular complexity index is 652. The summed E-state index contributed by atoms with van der Waals surface area (Å²) in [5, 5.41) is 2.63. The van der Waals surface area contributed by atoms with Gasteiger partial charge in [-0.05, 0) is 25.0 Å². The van der Waals surface area contributed by atoms with Gasteiger partial charge < -0.3 is 5.32 Å². The number of carbonyl (C=O) groups excluding carboxylic acids is 1. The van der Waals surface area contributed by atoms with Crippen molar-refractivity contribution >= 4 is 11.7 Å². The molecule has 21 heavy (non-hydrogen) atoms. The molecule has 2 aromatic heterocycles. The molecule has 0 aliphatic heterocycles. The molecule has 0 saturated carbocycles. The van der Waals surface area contributed by atoms with Crippen LogP contribution < -0.4 is 10.9 Å². The number of anilines is 1. The smallest absolute Gasteiger partial charge is 0.253 e. The molecule has 0 saturated heterocycles. The van der Waals surface area contributed by atoms with E-state index in [4.69, 9.17) is 0 Å². The van der Waals surface area contributed by atoms with E-state index in [0.29, 0.717) is 5.82 Å². The van der Waals surface area contributed by atoms with Crippen LogP contribution in [0.15, 0.2) is 41.6 Å². The monoisotopic (exact) mass is 286 g/mol.